The third kappa shape index (κ3) is 5.32. The van der Waals surface area contributed by atoms with Gasteiger partial charge in [-0.3, -0.25) is 9.59 Å². The second kappa shape index (κ2) is 9.70. The molecule has 2 fully saturated rings. The Balaban J connectivity index is 0.00000261. The zero-order chi connectivity index (χ0) is 18.7. The van der Waals surface area contributed by atoms with E-state index in [1.165, 1.54) is 5.56 Å². The first-order valence-corrected chi connectivity index (χ1v) is 10.1. The van der Waals surface area contributed by atoms with Gasteiger partial charge in [0, 0.05) is 30.5 Å². The molecule has 0 aromatic heterocycles. The van der Waals surface area contributed by atoms with Gasteiger partial charge in [-0.05, 0) is 49.8 Å². The Hall–Kier alpha value is -1.39. The smallest absolute Gasteiger partial charge is 0.225 e. The number of hydrogen-bond donors (Lipinski definition) is 1. The molecular formula is C22H33ClN2O2. The number of rotatable bonds is 6. The molecule has 4 nitrogen and oxygen atoms in total. The van der Waals surface area contributed by atoms with Gasteiger partial charge >= 0.3 is 0 Å². The van der Waals surface area contributed by atoms with Crippen molar-refractivity contribution < 1.29 is 9.59 Å². The maximum Gasteiger partial charge on any atom is 0.225 e. The van der Waals surface area contributed by atoms with Crippen LogP contribution in [0.25, 0.3) is 0 Å². The second-order valence-electron chi connectivity index (χ2n) is 8.47. The fourth-order valence-corrected chi connectivity index (χ4v) is 4.03. The maximum atomic E-state index is 12.8. The number of nitrogens with zero attached hydrogens (tertiary/aromatic N) is 1. The zero-order valence-corrected chi connectivity index (χ0v) is 17.6. The third-order valence-electron chi connectivity index (χ3n) is 5.97. The summed E-state index contributed by atoms with van der Waals surface area (Å²) >= 11 is 0. The molecule has 3 rings (SSSR count). The Morgan fingerprint density at radius 2 is 1.67 bits per heavy atom. The summed E-state index contributed by atoms with van der Waals surface area (Å²) in [5, 5.41) is 3.24. The molecule has 2 saturated heterocycles. The third-order valence-corrected chi connectivity index (χ3v) is 5.97. The summed E-state index contributed by atoms with van der Waals surface area (Å²) < 4.78 is 0. The highest BCUT2D eigenvalue weighted by Crippen LogP contribution is 2.25. The van der Waals surface area contributed by atoms with Crippen molar-refractivity contribution >= 4 is 24.1 Å². The minimum Gasteiger partial charge on any atom is -0.342 e. The van der Waals surface area contributed by atoms with Gasteiger partial charge in [0.2, 0.25) is 5.91 Å². The quantitative estimate of drug-likeness (QED) is 0.752. The molecule has 1 N–H and O–H groups in total. The number of ketones is 1. The highest BCUT2D eigenvalue weighted by Gasteiger charge is 2.34. The van der Waals surface area contributed by atoms with Gasteiger partial charge in [0.15, 0.2) is 5.78 Å². The van der Waals surface area contributed by atoms with E-state index in [2.05, 4.69) is 31.3 Å². The van der Waals surface area contributed by atoms with E-state index in [9.17, 15) is 9.59 Å². The van der Waals surface area contributed by atoms with Crippen LogP contribution in [-0.2, 0) is 11.2 Å². The van der Waals surface area contributed by atoms with Crippen LogP contribution in [0.15, 0.2) is 24.3 Å². The molecule has 1 aromatic rings. The number of likely N-dealkylation sites (tertiary alicyclic amines) is 1. The minimum absolute atomic E-state index is 0. The van der Waals surface area contributed by atoms with Crippen LogP contribution >= 0.6 is 12.4 Å². The van der Waals surface area contributed by atoms with Crippen molar-refractivity contribution in [2.75, 3.05) is 26.2 Å². The van der Waals surface area contributed by atoms with Gasteiger partial charge in [-0.1, -0.05) is 45.0 Å². The monoisotopic (exact) mass is 392 g/mol. The molecule has 0 aliphatic carbocycles. The molecule has 2 heterocycles. The topological polar surface area (TPSA) is 49.4 Å². The number of benzene rings is 1. The first-order chi connectivity index (χ1) is 12.5. The summed E-state index contributed by atoms with van der Waals surface area (Å²) in [5.41, 5.74) is 2.10. The fraction of sp³-hybridized carbons (Fsp3) is 0.636. The number of Topliss-reactive ketones (excluding diaryl/α,β-unsaturated/α-hetero) is 1. The largest absolute Gasteiger partial charge is 0.342 e. The first kappa shape index (κ1) is 21.9. The fourth-order valence-electron chi connectivity index (χ4n) is 4.03. The lowest BCUT2D eigenvalue weighted by Crippen LogP contribution is -2.51. The Morgan fingerprint density at radius 1 is 1.07 bits per heavy atom. The number of amides is 1. The molecular weight excluding hydrogens is 360 g/mol. The van der Waals surface area contributed by atoms with Crippen LogP contribution < -0.4 is 5.32 Å². The van der Waals surface area contributed by atoms with E-state index in [0.29, 0.717) is 24.9 Å². The maximum absolute atomic E-state index is 12.8. The average molecular weight is 393 g/mol. The molecule has 27 heavy (non-hydrogen) atoms. The predicted molar refractivity (Wildman–Crippen MR) is 111 cm³/mol. The van der Waals surface area contributed by atoms with Crippen molar-refractivity contribution in [3.8, 4) is 0 Å². The Kier molecular flexibility index (Phi) is 7.87. The number of carbonyl (C=O) groups excluding carboxylic acids is 2. The van der Waals surface area contributed by atoms with E-state index < -0.39 is 0 Å². The lowest BCUT2D eigenvalue weighted by Gasteiger charge is -2.37. The van der Waals surface area contributed by atoms with E-state index in [1.54, 1.807) is 0 Å². The lowest BCUT2D eigenvalue weighted by molar-refractivity contribution is -0.138. The van der Waals surface area contributed by atoms with Gasteiger partial charge in [0.05, 0.1) is 0 Å². The normalized spacial score (nSPS) is 19.3. The van der Waals surface area contributed by atoms with E-state index in [1.807, 2.05) is 24.0 Å². The van der Waals surface area contributed by atoms with Crippen LogP contribution in [0.4, 0.5) is 0 Å². The van der Waals surface area contributed by atoms with Crippen molar-refractivity contribution in [1.29, 1.82) is 0 Å². The average Bonchev–Trinajstić information content (AvgIpc) is 2.59. The molecule has 5 heteroatoms. The highest BCUT2D eigenvalue weighted by atomic mass is 35.5. The molecule has 1 aromatic carbocycles. The Bertz CT molecular complexity index is 632. The first-order valence-electron chi connectivity index (χ1n) is 10.1. The molecule has 1 amide bonds. The van der Waals surface area contributed by atoms with Crippen molar-refractivity contribution in [3.63, 3.8) is 0 Å². The molecule has 150 valence electrons. The molecule has 1 atom stereocenters. The number of hydrogen-bond acceptors (Lipinski definition) is 3. The van der Waals surface area contributed by atoms with Crippen LogP contribution in [0.1, 0.15) is 49.5 Å². The number of piperidine rings is 1. The van der Waals surface area contributed by atoms with E-state index in [-0.39, 0.29) is 35.9 Å². The van der Waals surface area contributed by atoms with Crippen molar-refractivity contribution in [3.05, 3.63) is 35.4 Å². The zero-order valence-electron chi connectivity index (χ0n) is 16.7. The molecule has 0 bridgehead atoms. The van der Waals surface area contributed by atoms with Crippen LogP contribution in [0.2, 0.25) is 0 Å². The van der Waals surface area contributed by atoms with Gasteiger partial charge in [0.25, 0.3) is 0 Å². The molecule has 0 radical (unpaired) electrons. The SMILES string of the molecule is CC(C)Cc1ccc(C(=O)C2CCN(C(=O)C(C)C3CNC3)CC2)cc1.Cl. The van der Waals surface area contributed by atoms with Gasteiger partial charge in [-0.2, -0.15) is 0 Å². The lowest BCUT2D eigenvalue weighted by atomic mass is 9.85. The molecule has 2 aliphatic rings. The summed E-state index contributed by atoms with van der Waals surface area (Å²) in [6.07, 6.45) is 2.62. The standard InChI is InChI=1S/C22H32N2O2.ClH/c1-15(2)12-17-4-6-18(7-5-17)21(25)19-8-10-24(11-9-19)22(26)16(3)20-13-23-14-20;/h4-7,15-16,19-20,23H,8-14H2,1-3H3;1H. The van der Waals surface area contributed by atoms with Crippen LogP contribution in [-0.4, -0.2) is 42.8 Å². The number of carbonyl (C=O) groups is 2. The summed E-state index contributed by atoms with van der Waals surface area (Å²) in [4.78, 5) is 27.4. The number of nitrogens with one attached hydrogen (secondary N) is 1. The Morgan fingerprint density at radius 3 is 2.15 bits per heavy atom. The summed E-state index contributed by atoms with van der Waals surface area (Å²) in [6.45, 7) is 9.79. The minimum atomic E-state index is 0. The van der Waals surface area contributed by atoms with E-state index in [0.717, 1.165) is 37.9 Å². The van der Waals surface area contributed by atoms with E-state index in [4.69, 9.17) is 0 Å². The molecule has 0 spiro atoms. The molecule has 0 saturated carbocycles. The van der Waals surface area contributed by atoms with Gasteiger partial charge in [-0.15, -0.1) is 12.4 Å². The Labute approximate surface area is 169 Å². The van der Waals surface area contributed by atoms with Crippen molar-refractivity contribution in [2.45, 2.75) is 40.0 Å². The van der Waals surface area contributed by atoms with Gasteiger partial charge in [-0.25, -0.2) is 0 Å². The van der Waals surface area contributed by atoms with Crippen LogP contribution in [0.5, 0.6) is 0 Å². The number of halogens is 1. The summed E-state index contributed by atoms with van der Waals surface area (Å²) in [7, 11) is 0. The van der Waals surface area contributed by atoms with Crippen molar-refractivity contribution in [1.82, 2.24) is 10.2 Å². The summed E-state index contributed by atoms with van der Waals surface area (Å²) in [5.74, 6) is 1.75. The van der Waals surface area contributed by atoms with Crippen LogP contribution in [0, 0.1) is 23.7 Å². The van der Waals surface area contributed by atoms with E-state index >= 15 is 0 Å². The summed E-state index contributed by atoms with van der Waals surface area (Å²) in [6, 6.07) is 8.12. The van der Waals surface area contributed by atoms with Gasteiger partial charge < -0.3 is 10.2 Å². The van der Waals surface area contributed by atoms with Gasteiger partial charge in [0.1, 0.15) is 0 Å². The van der Waals surface area contributed by atoms with Crippen molar-refractivity contribution in [2.24, 2.45) is 23.7 Å². The van der Waals surface area contributed by atoms with Crippen LogP contribution in [0.3, 0.4) is 0 Å². The highest BCUT2D eigenvalue weighted by molar-refractivity contribution is 5.98. The molecule has 1 unspecified atom stereocenters. The second-order valence-corrected chi connectivity index (χ2v) is 8.47. The predicted octanol–water partition coefficient (Wildman–Crippen LogP) is 3.58. The molecule has 2 aliphatic heterocycles.